The Morgan fingerprint density at radius 2 is 2.05 bits per heavy atom. The molecule has 0 spiro atoms. The van der Waals surface area contributed by atoms with Crippen molar-refractivity contribution in [2.45, 2.75) is 6.18 Å². The number of allylic oxidation sites excluding steroid dienone is 4. The Labute approximate surface area is 117 Å². The lowest BCUT2D eigenvalue weighted by atomic mass is 10.2. The molecule has 1 aliphatic rings. The van der Waals surface area contributed by atoms with Crippen molar-refractivity contribution in [2.75, 3.05) is 4.90 Å². The summed E-state index contributed by atoms with van der Waals surface area (Å²) in [6.07, 6.45) is 3.14. The zero-order valence-corrected chi connectivity index (χ0v) is 10.7. The number of carbonyl (C=O) groups excluding carboxylic acids is 1. The first-order valence-electron chi connectivity index (χ1n) is 5.46. The maximum atomic E-state index is 12.3. The number of aromatic nitrogens is 1. The first kappa shape index (κ1) is 14.3. The summed E-state index contributed by atoms with van der Waals surface area (Å²) >= 11 is 5.65. The fourth-order valence-corrected chi connectivity index (χ4v) is 1.65. The molecule has 1 aromatic heterocycles. The average Bonchev–Trinajstić information content (AvgIpc) is 2.39. The van der Waals surface area contributed by atoms with Crippen LogP contribution in [-0.4, -0.2) is 16.9 Å². The van der Waals surface area contributed by atoms with E-state index in [1.165, 1.54) is 35.5 Å². The monoisotopic (exact) mass is 300 g/mol. The highest BCUT2D eigenvalue weighted by molar-refractivity contribution is 6.29. The smallest absolute Gasteiger partial charge is 0.316 e. The summed E-state index contributed by atoms with van der Waals surface area (Å²) in [5, 5.41) is 0.266. The molecule has 0 bridgehead atoms. The van der Waals surface area contributed by atoms with Crippen molar-refractivity contribution in [3.8, 4) is 0 Å². The molecule has 0 amide bonds. The Hall–Kier alpha value is -2.08. The molecule has 20 heavy (non-hydrogen) atoms. The lowest BCUT2D eigenvalue weighted by molar-refractivity contribution is -0.165. The second-order valence-electron chi connectivity index (χ2n) is 3.84. The number of halogens is 4. The Balaban J connectivity index is 2.34. The van der Waals surface area contributed by atoms with Crippen LogP contribution < -0.4 is 4.90 Å². The number of anilines is 1. The van der Waals surface area contributed by atoms with E-state index in [4.69, 9.17) is 11.6 Å². The molecule has 0 radical (unpaired) electrons. The van der Waals surface area contributed by atoms with E-state index in [1.54, 1.807) is 12.1 Å². The molecule has 0 saturated heterocycles. The van der Waals surface area contributed by atoms with Gasteiger partial charge < -0.3 is 4.90 Å². The second-order valence-corrected chi connectivity index (χ2v) is 4.23. The minimum atomic E-state index is -4.90. The summed E-state index contributed by atoms with van der Waals surface area (Å²) in [6.45, 7) is 0. The third-order valence-electron chi connectivity index (χ3n) is 2.44. The van der Waals surface area contributed by atoms with Gasteiger partial charge in [-0.15, -0.1) is 0 Å². The predicted octanol–water partition coefficient (Wildman–Crippen LogP) is 3.64. The summed E-state index contributed by atoms with van der Waals surface area (Å²) in [5.74, 6) is -1.92. The summed E-state index contributed by atoms with van der Waals surface area (Å²) in [7, 11) is 0. The number of pyridine rings is 1. The molecule has 2 rings (SSSR count). The Kier molecular flexibility index (Phi) is 3.94. The Morgan fingerprint density at radius 3 is 2.65 bits per heavy atom. The number of rotatable bonds is 2. The van der Waals surface area contributed by atoms with Crippen LogP contribution in [-0.2, 0) is 4.79 Å². The number of hydrogen-bond acceptors (Lipinski definition) is 3. The molecule has 0 N–H and O–H groups in total. The molecular weight excluding hydrogens is 293 g/mol. The van der Waals surface area contributed by atoms with E-state index >= 15 is 0 Å². The van der Waals surface area contributed by atoms with Gasteiger partial charge in [-0.2, -0.15) is 13.2 Å². The van der Waals surface area contributed by atoms with Gasteiger partial charge in [-0.25, -0.2) is 4.98 Å². The minimum absolute atomic E-state index is 0.0962. The van der Waals surface area contributed by atoms with Gasteiger partial charge in [0.05, 0.1) is 11.9 Å². The lowest BCUT2D eigenvalue weighted by Crippen LogP contribution is -2.24. The molecule has 0 atom stereocenters. The quantitative estimate of drug-likeness (QED) is 0.617. The van der Waals surface area contributed by atoms with Crippen molar-refractivity contribution in [1.29, 1.82) is 0 Å². The topological polar surface area (TPSA) is 33.2 Å². The van der Waals surface area contributed by atoms with Gasteiger partial charge in [-0.3, -0.25) is 4.79 Å². The van der Waals surface area contributed by atoms with Crippen molar-refractivity contribution in [3.05, 3.63) is 59.7 Å². The SMILES string of the molecule is O=C(/C=C1\C=CC=CN1c1ccc(Cl)nc1)C(F)(F)F. The highest BCUT2D eigenvalue weighted by Crippen LogP contribution is 2.25. The fraction of sp³-hybridized carbons (Fsp3) is 0.0769. The maximum absolute atomic E-state index is 12.3. The number of hydrogen-bond donors (Lipinski definition) is 0. The van der Waals surface area contributed by atoms with Gasteiger partial charge in [0, 0.05) is 18.0 Å². The van der Waals surface area contributed by atoms with Crippen LogP contribution in [0, 0.1) is 0 Å². The van der Waals surface area contributed by atoms with Crippen molar-refractivity contribution in [2.24, 2.45) is 0 Å². The number of carbonyl (C=O) groups is 1. The van der Waals surface area contributed by atoms with Crippen LogP contribution >= 0.6 is 11.6 Å². The van der Waals surface area contributed by atoms with Crippen LogP contribution in [0.4, 0.5) is 18.9 Å². The number of nitrogens with zero attached hydrogens (tertiary/aromatic N) is 2. The zero-order chi connectivity index (χ0) is 14.8. The maximum Gasteiger partial charge on any atom is 0.454 e. The second kappa shape index (κ2) is 5.50. The van der Waals surface area contributed by atoms with E-state index in [0.29, 0.717) is 11.8 Å². The van der Waals surface area contributed by atoms with Crippen molar-refractivity contribution < 1.29 is 18.0 Å². The highest BCUT2D eigenvalue weighted by Gasteiger charge is 2.37. The molecule has 1 aromatic rings. The van der Waals surface area contributed by atoms with Crippen molar-refractivity contribution in [1.82, 2.24) is 4.98 Å². The zero-order valence-electron chi connectivity index (χ0n) is 9.93. The van der Waals surface area contributed by atoms with Gasteiger partial charge in [0.15, 0.2) is 0 Å². The van der Waals surface area contributed by atoms with Crippen LogP contribution in [0.5, 0.6) is 0 Å². The minimum Gasteiger partial charge on any atom is -0.316 e. The van der Waals surface area contributed by atoms with Gasteiger partial charge in [0.25, 0.3) is 5.78 Å². The van der Waals surface area contributed by atoms with Crippen LogP contribution in [0.15, 0.2) is 54.5 Å². The van der Waals surface area contributed by atoms with Crippen molar-refractivity contribution >= 4 is 23.1 Å². The summed E-state index contributed by atoms with van der Waals surface area (Å²) in [4.78, 5) is 16.3. The van der Waals surface area contributed by atoms with Gasteiger partial charge in [-0.05, 0) is 24.3 Å². The van der Waals surface area contributed by atoms with Crippen molar-refractivity contribution in [3.63, 3.8) is 0 Å². The predicted molar refractivity (Wildman–Crippen MR) is 69.2 cm³/mol. The normalized spacial score (nSPS) is 16.8. The number of alkyl halides is 3. The summed E-state index contributed by atoms with van der Waals surface area (Å²) in [5.41, 5.74) is 0.593. The Bertz CT molecular complexity index is 603. The van der Waals surface area contributed by atoms with E-state index in [-0.39, 0.29) is 10.9 Å². The number of ketones is 1. The molecule has 7 heteroatoms. The third kappa shape index (κ3) is 3.27. The van der Waals surface area contributed by atoms with Crippen LogP contribution in [0.3, 0.4) is 0 Å². The molecule has 0 unspecified atom stereocenters. The van der Waals surface area contributed by atoms with Gasteiger partial charge >= 0.3 is 6.18 Å². The average molecular weight is 301 g/mol. The van der Waals surface area contributed by atoms with Gasteiger partial charge in [0.2, 0.25) is 0 Å². The summed E-state index contributed by atoms with van der Waals surface area (Å²) < 4.78 is 36.9. The van der Waals surface area contributed by atoms with E-state index in [0.717, 1.165) is 0 Å². The van der Waals surface area contributed by atoms with Gasteiger partial charge in [-0.1, -0.05) is 17.7 Å². The van der Waals surface area contributed by atoms with E-state index in [1.807, 2.05) is 0 Å². The molecule has 0 aromatic carbocycles. The highest BCUT2D eigenvalue weighted by atomic mass is 35.5. The van der Waals surface area contributed by atoms with Crippen LogP contribution in [0.2, 0.25) is 5.15 Å². The molecule has 0 fully saturated rings. The molecule has 1 aliphatic heterocycles. The molecule has 104 valence electrons. The van der Waals surface area contributed by atoms with E-state index in [2.05, 4.69) is 4.98 Å². The van der Waals surface area contributed by atoms with Crippen LogP contribution in [0.25, 0.3) is 0 Å². The van der Waals surface area contributed by atoms with E-state index in [9.17, 15) is 18.0 Å². The third-order valence-corrected chi connectivity index (χ3v) is 2.66. The molecule has 0 saturated carbocycles. The first-order valence-corrected chi connectivity index (χ1v) is 5.84. The lowest BCUT2D eigenvalue weighted by Gasteiger charge is -2.23. The first-order chi connectivity index (χ1) is 9.38. The van der Waals surface area contributed by atoms with E-state index < -0.39 is 12.0 Å². The summed E-state index contributed by atoms with van der Waals surface area (Å²) in [6, 6.07) is 3.09. The molecule has 0 aliphatic carbocycles. The van der Waals surface area contributed by atoms with Crippen LogP contribution in [0.1, 0.15) is 0 Å². The molecular formula is C13H8ClF3N2O. The standard InChI is InChI=1S/C13H8ClF3N2O/c14-12-5-4-10(8-18-12)19-6-2-1-3-9(19)7-11(20)13(15,16)17/h1-8H/b9-7+. The molecule has 3 nitrogen and oxygen atoms in total. The molecule has 2 heterocycles. The fourth-order valence-electron chi connectivity index (χ4n) is 1.54. The Morgan fingerprint density at radius 1 is 1.30 bits per heavy atom. The largest absolute Gasteiger partial charge is 0.454 e. The van der Waals surface area contributed by atoms with Gasteiger partial charge in [0.1, 0.15) is 5.15 Å².